The molecule has 1 heterocycles. The highest BCUT2D eigenvalue weighted by Gasteiger charge is 2.33. The van der Waals surface area contributed by atoms with Gasteiger partial charge in [0, 0.05) is 13.1 Å². The molecule has 1 atom stereocenters. The lowest BCUT2D eigenvalue weighted by Crippen LogP contribution is -2.50. The summed E-state index contributed by atoms with van der Waals surface area (Å²) >= 11 is 0. The van der Waals surface area contributed by atoms with Gasteiger partial charge >= 0.3 is 0 Å². The van der Waals surface area contributed by atoms with Crippen LogP contribution in [-0.4, -0.2) is 17.4 Å². The summed E-state index contributed by atoms with van der Waals surface area (Å²) in [5.74, 6) is 0.404. The first kappa shape index (κ1) is 13.9. The Balaban J connectivity index is 1.71. The molecule has 1 aromatic carbocycles. The molecular weight excluding hydrogens is 234 g/mol. The maximum atomic E-state index is 12.0. The molecule has 1 aliphatic heterocycles. The minimum absolute atomic E-state index is 0.130. The van der Waals surface area contributed by atoms with Crippen LogP contribution in [0.3, 0.4) is 0 Å². The standard InChI is InChI=1S/C17H23NO/c1-2-3-4-5-9-12-16-14-18(17(16)19)13-15-10-7-6-8-11-15/h6-12,16H,2-5,13-14H2,1H3. The monoisotopic (exact) mass is 257 g/mol. The molecule has 0 radical (unpaired) electrons. The number of carbonyl (C=O) groups excluding carboxylic acids is 1. The Bertz CT molecular complexity index is 424. The zero-order valence-electron chi connectivity index (χ0n) is 11.7. The quantitative estimate of drug-likeness (QED) is 0.413. The van der Waals surface area contributed by atoms with E-state index in [4.69, 9.17) is 0 Å². The first-order chi connectivity index (χ1) is 9.31. The minimum Gasteiger partial charge on any atom is -0.337 e. The van der Waals surface area contributed by atoms with Gasteiger partial charge in [0.1, 0.15) is 0 Å². The van der Waals surface area contributed by atoms with Crippen molar-refractivity contribution in [3.05, 3.63) is 48.0 Å². The molecule has 1 saturated heterocycles. The predicted molar refractivity (Wildman–Crippen MR) is 78.6 cm³/mol. The van der Waals surface area contributed by atoms with Gasteiger partial charge in [0.25, 0.3) is 0 Å². The van der Waals surface area contributed by atoms with Gasteiger partial charge in [-0.1, -0.05) is 62.2 Å². The number of hydrogen-bond acceptors (Lipinski definition) is 1. The number of unbranched alkanes of at least 4 members (excludes halogenated alkanes) is 3. The maximum Gasteiger partial charge on any atom is 0.231 e. The van der Waals surface area contributed by atoms with Gasteiger partial charge in [-0.25, -0.2) is 0 Å². The molecule has 0 N–H and O–H groups in total. The average molecular weight is 257 g/mol. The number of nitrogens with zero attached hydrogens (tertiary/aromatic N) is 1. The number of benzene rings is 1. The topological polar surface area (TPSA) is 20.3 Å². The third-order valence-electron chi connectivity index (χ3n) is 3.60. The highest BCUT2D eigenvalue weighted by Crippen LogP contribution is 2.21. The van der Waals surface area contributed by atoms with Crippen molar-refractivity contribution in [1.82, 2.24) is 4.90 Å². The van der Waals surface area contributed by atoms with Crippen LogP contribution in [0.1, 0.15) is 38.2 Å². The molecule has 0 aliphatic carbocycles. The number of likely N-dealkylation sites (tertiary alicyclic amines) is 1. The Morgan fingerprint density at radius 3 is 2.74 bits per heavy atom. The van der Waals surface area contributed by atoms with E-state index < -0.39 is 0 Å². The molecule has 1 fully saturated rings. The molecule has 1 amide bonds. The Morgan fingerprint density at radius 2 is 2.05 bits per heavy atom. The van der Waals surface area contributed by atoms with Crippen molar-refractivity contribution in [1.29, 1.82) is 0 Å². The summed E-state index contributed by atoms with van der Waals surface area (Å²) in [7, 11) is 0. The minimum atomic E-state index is 0.130. The lowest BCUT2D eigenvalue weighted by Gasteiger charge is -2.37. The van der Waals surface area contributed by atoms with Crippen LogP contribution in [0, 0.1) is 5.92 Å². The van der Waals surface area contributed by atoms with E-state index in [0.29, 0.717) is 0 Å². The van der Waals surface area contributed by atoms with Gasteiger partial charge in [0.2, 0.25) is 5.91 Å². The largest absolute Gasteiger partial charge is 0.337 e. The molecule has 2 nitrogen and oxygen atoms in total. The van der Waals surface area contributed by atoms with E-state index in [1.807, 2.05) is 23.1 Å². The SMILES string of the molecule is CCCCCC=CC1CN(Cc2ccccc2)C1=O. The van der Waals surface area contributed by atoms with Crippen LogP contribution in [0.2, 0.25) is 0 Å². The zero-order valence-corrected chi connectivity index (χ0v) is 11.7. The van der Waals surface area contributed by atoms with Gasteiger partial charge in [0.05, 0.1) is 5.92 Å². The van der Waals surface area contributed by atoms with E-state index in [0.717, 1.165) is 19.5 Å². The number of hydrogen-bond donors (Lipinski definition) is 0. The van der Waals surface area contributed by atoms with E-state index in [2.05, 4.69) is 31.2 Å². The number of β-lactam (4-membered cyclic amide) rings is 1. The van der Waals surface area contributed by atoms with E-state index >= 15 is 0 Å². The van der Waals surface area contributed by atoms with E-state index in [1.165, 1.54) is 24.8 Å². The molecular formula is C17H23NO. The molecule has 0 aromatic heterocycles. The number of allylic oxidation sites excluding steroid dienone is 1. The van der Waals surface area contributed by atoms with Crippen molar-refractivity contribution in [2.75, 3.05) is 6.54 Å². The van der Waals surface area contributed by atoms with Crippen molar-refractivity contribution in [2.45, 2.75) is 39.2 Å². The predicted octanol–water partition coefficient (Wildman–Crippen LogP) is 3.78. The second-order valence-corrected chi connectivity index (χ2v) is 5.23. The van der Waals surface area contributed by atoms with Gasteiger partial charge in [-0.3, -0.25) is 4.79 Å². The summed E-state index contributed by atoms with van der Waals surface area (Å²) in [6.07, 6.45) is 9.15. The van der Waals surface area contributed by atoms with Crippen molar-refractivity contribution >= 4 is 5.91 Å². The molecule has 2 rings (SSSR count). The van der Waals surface area contributed by atoms with Gasteiger partial charge in [-0.2, -0.15) is 0 Å². The highest BCUT2D eigenvalue weighted by atomic mass is 16.2. The Hall–Kier alpha value is -1.57. The second-order valence-electron chi connectivity index (χ2n) is 5.23. The number of amides is 1. The summed E-state index contributed by atoms with van der Waals surface area (Å²) < 4.78 is 0. The lowest BCUT2D eigenvalue weighted by atomic mass is 9.96. The summed E-state index contributed by atoms with van der Waals surface area (Å²) in [6, 6.07) is 10.2. The molecule has 1 aromatic rings. The zero-order chi connectivity index (χ0) is 13.5. The molecule has 1 unspecified atom stereocenters. The third-order valence-corrected chi connectivity index (χ3v) is 3.60. The molecule has 0 saturated carbocycles. The van der Waals surface area contributed by atoms with Gasteiger partial charge in [0.15, 0.2) is 0 Å². The fourth-order valence-electron chi connectivity index (χ4n) is 2.39. The van der Waals surface area contributed by atoms with Crippen molar-refractivity contribution in [3.8, 4) is 0 Å². The summed E-state index contributed by atoms with van der Waals surface area (Å²) in [4.78, 5) is 13.9. The first-order valence-corrected chi connectivity index (χ1v) is 7.30. The number of carbonyl (C=O) groups is 1. The fraction of sp³-hybridized carbons (Fsp3) is 0.471. The molecule has 102 valence electrons. The second kappa shape index (κ2) is 7.13. The maximum absolute atomic E-state index is 12.0. The highest BCUT2D eigenvalue weighted by molar-refractivity contribution is 5.86. The molecule has 0 spiro atoms. The van der Waals surface area contributed by atoms with Crippen molar-refractivity contribution in [2.24, 2.45) is 5.92 Å². The van der Waals surface area contributed by atoms with Gasteiger partial charge < -0.3 is 4.90 Å². The Labute approximate surface area is 116 Å². The Kier molecular flexibility index (Phi) is 5.20. The normalized spacial score (nSPS) is 18.9. The summed E-state index contributed by atoms with van der Waals surface area (Å²) in [5, 5.41) is 0. The smallest absolute Gasteiger partial charge is 0.231 e. The van der Waals surface area contributed by atoms with Crippen LogP contribution < -0.4 is 0 Å². The van der Waals surface area contributed by atoms with E-state index in [1.54, 1.807) is 0 Å². The number of rotatable bonds is 7. The summed E-state index contributed by atoms with van der Waals surface area (Å²) in [6.45, 7) is 3.83. The molecule has 2 heteroatoms. The molecule has 19 heavy (non-hydrogen) atoms. The van der Waals surface area contributed by atoms with Crippen LogP contribution in [0.5, 0.6) is 0 Å². The average Bonchev–Trinajstić information content (AvgIpc) is 2.45. The lowest BCUT2D eigenvalue weighted by molar-refractivity contribution is -0.145. The van der Waals surface area contributed by atoms with Crippen LogP contribution >= 0.6 is 0 Å². The molecule has 1 aliphatic rings. The van der Waals surface area contributed by atoms with Crippen molar-refractivity contribution in [3.63, 3.8) is 0 Å². The van der Waals surface area contributed by atoms with Crippen LogP contribution in [0.4, 0.5) is 0 Å². The Morgan fingerprint density at radius 1 is 1.26 bits per heavy atom. The van der Waals surface area contributed by atoms with Crippen LogP contribution in [0.25, 0.3) is 0 Å². The van der Waals surface area contributed by atoms with Gasteiger partial charge in [-0.05, 0) is 18.4 Å². The summed E-state index contributed by atoms with van der Waals surface area (Å²) in [5.41, 5.74) is 1.21. The fourth-order valence-corrected chi connectivity index (χ4v) is 2.39. The third kappa shape index (κ3) is 3.95. The van der Waals surface area contributed by atoms with Crippen LogP contribution in [-0.2, 0) is 11.3 Å². The van der Waals surface area contributed by atoms with E-state index in [-0.39, 0.29) is 11.8 Å². The van der Waals surface area contributed by atoms with Crippen LogP contribution in [0.15, 0.2) is 42.5 Å². The van der Waals surface area contributed by atoms with Crippen molar-refractivity contribution < 1.29 is 4.79 Å². The first-order valence-electron chi connectivity index (χ1n) is 7.30. The van der Waals surface area contributed by atoms with Gasteiger partial charge in [-0.15, -0.1) is 0 Å². The molecule has 0 bridgehead atoms. The van der Waals surface area contributed by atoms with E-state index in [9.17, 15) is 4.79 Å².